The number of nitrogens with one attached hydrogen (secondary N) is 1. The maximum absolute atomic E-state index is 12.9. The van der Waals surface area contributed by atoms with Gasteiger partial charge in [-0.15, -0.1) is 0 Å². The lowest BCUT2D eigenvalue weighted by Crippen LogP contribution is -2.32. The minimum absolute atomic E-state index is 0.324. The van der Waals surface area contributed by atoms with Crippen LogP contribution >= 0.6 is 11.6 Å². The Balaban J connectivity index is 2.08. The number of aromatic nitrogens is 2. The molecule has 1 aliphatic carbocycles. The van der Waals surface area contributed by atoms with Crippen LogP contribution in [0.5, 0.6) is 0 Å². The molecule has 8 heteroatoms. The molecule has 21 heavy (non-hydrogen) atoms. The molecule has 0 spiro atoms. The summed E-state index contributed by atoms with van der Waals surface area (Å²) in [7, 11) is 0. The largest absolute Gasteiger partial charge is 0.434 e. The first-order valence-electron chi connectivity index (χ1n) is 6.76. The van der Waals surface area contributed by atoms with Crippen LogP contribution in [0.15, 0.2) is 6.20 Å². The van der Waals surface area contributed by atoms with E-state index in [4.69, 9.17) is 11.6 Å². The van der Waals surface area contributed by atoms with Gasteiger partial charge in [-0.05, 0) is 30.4 Å². The molecule has 1 aliphatic rings. The maximum Gasteiger partial charge on any atom is 0.434 e. The number of nitrogens with zero attached hydrogens (tertiary/aromatic N) is 2. The molecule has 116 valence electrons. The van der Waals surface area contributed by atoms with Gasteiger partial charge >= 0.3 is 6.18 Å². The topological polar surface area (TPSA) is 54.9 Å². The molecular weight excluding hydrogens is 307 g/mol. The van der Waals surface area contributed by atoms with Gasteiger partial charge in [-0.3, -0.25) is 4.79 Å². The Kier molecular flexibility index (Phi) is 5.03. The van der Waals surface area contributed by atoms with Crippen LogP contribution in [0.3, 0.4) is 0 Å². The van der Waals surface area contributed by atoms with Gasteiger partial charge in [-0.1, -0.05) is 19.3 Å². The van der Waals surface area contributed by atoms with Crippen LogP contribution in [-0.4, -0.2) is 22.4 Å². The molecule has 2 rings (SSSR count). The maximum atomic E-state index is 12.9. The summed E-state index contributed by atoms with van der Waals surface area (Å²) in [5, 5.41) is 2.00. The molecule has 1 amide bonds. The van der Waals surface area contributed by atoms with Crippen LogP contribution in [0.25, 0.3) is 0 Å². The molecule has 1 aromatic rings. The van der Waals surface area contributed by atoms with E-state index >= 15 is 0 Å². The molecule has 0 unspecified atom stereocenters. The average Bonchev–Trinajstić information content (AvgIpc) is 2.45. The molecule has 0 saturated heterocycles. The zero-order chi connectivity index (χ0) is 15.5. The minimum Gasteiger partial charge on any atom is -0.352 e. The first kappa shape index (κ1) is 16.0. The summed E-state index contributed by atoms with van der Waals surface area (Å²) in [5.74, 6) is -0.491. The Morgan fingerprint density at radius 3 is 2.62 bits per heavy atom. The van der Waals surface area contributed by atoms with Gasteiger partial charge in [0, 0.05) is 12.7 Å². The third kappa shape index (κ3) is 4.30. The fourth-order valence-electron chi connectivity index (χ4n) is 2.47. The summed E-state index contributed by atoms with van der Waals surface area (Å²) in [6.45, 7) is 0.374. The van der Waals surface area contributed by atoms with Crippen molar-refractivity contribution in [1.82, 2.24) is 15.3 Å². The summed E-state index contributed by atoms with van der Waals surface area (Å²) in [4.78, 5) is 18.5. The highest BCUT2D eigenvalue weighted by Crippen LogP contribution is 2.31. The van der Waals surface area contributed by atoms with Crippen molar-refractivity contribution in [3.63, 3.8) is 0 Å². The number of halogens is 4. The van der Waals surface area contributed by atoms with Gasteiger partial charge in [0.15, 0.2) is 5.69 Å². The Morgan fingerprint density at radius 2 is 2.00 bits per heavy atom. The summed E-state index contributed by atoms with van der Waals surface area (Å²) < 4.78 is 38.6. The van der Waals surface area contributed by atoms with E-state index in [1.54, 1.807) is 0 Å². The van der Waals surface area contributed by atoms with Gasteiger partial charge in [-0.25, -0.2) is 9.97 Å². The van der Waals surface area contributed by atoms with Crippen molar-refractivity contribution in [2.45, 2.75) is 38.3 Å². The monoisotopic (exact) mass is 321 g/mol. The summed E-state index contributed by atoms with van der Waals surface area (Å²) in [6.07, 6.45) is 1.41. The van der Waals surface area contributed by atoms with Crippen molar-refractivity contribution < 1.29 is 18.0 Å². The Hall–Kier alpha value is -1.37. The van der Waals surface area contributed by atoms with E-state index in [0.717, 1.165) is 31.9 Å². The van der Waals surface area contributed by atoms with Gasteiger partial charge in [0.05, 0.1) is 5.56 Å². The number of carbonyl (C=O) groups is 1. The predicted octanol–water partition coefficient (Wildman–Crippen LogP) is 3.46. The van der Waals surface area contributed by atoms with Crippen LogP contribution in [0, 0.1) is 5.92 Å². The Morgan fingerprint density at radius 1 is 1.33 bits per heavy atom. The third-order valence-electron chi connectivity index (χ3n) is 3.55. The molecule has 1 N–H and O–H groups in total. The van der Waals surface area contributed by atoms with Crippen molar-refractivity contribution in [2.75, 3.05) is 6.54 Å². The van der Waals surface area contributed by atoms with E-state index in [1.807, 2.05) is 0 Å². The lowest BCUT2D eigenvalue weighted by Gasteiger charge is -2.22. The Bertz CT molecular complexity index is 516. The zero-order valence-electron chi connectivity index (χ0n) is 11.2. The highest BCUT2D eigenvalue weighted by Gasteiger charge is 2.38. The Labute approximate surface area is 125 Å². The third-order valence-corrected chi connectivity index (χ3v) is 3.73. The lowest BCUT2D eigenvalue weighted by atomic mass is 9.89. The van der Waals surface area contributed by atoms with Gasteiger partial charge in [-0.2, -0.15) is 13.2 Å². The van der Waals surface area contributed by atoms with Crippen LogP contribution in [0.4, 0.5) is 13.2 Å². The minimum atomic E-state index is -4.75. The normalized spacial score (nSPS) is 16.8. The smallest absolute Gasteiger partial charge is 0.352 e. The van der Waals surface area contributed by atoms with Gasteiger partial charge in [0.25, 0.3) is 5.91 Å². The fourth-order valence-corrected chi connectivity index (χ4v) is 2.60. The molecule has 0 radical (unpaired) electrons. The fraction of sp³-hybridized carbons (Fsp3) is 0.615. The number of amides is 1. The van der Waals surface area contributed by atoms with Gasteiger partial charge < -0.3 is 5.32 Å². The second-order valence-electron chi connectivity index (χ2n) is 5.11. The first-order valence-corrected chi connectivity index (χ1v) is 7.13. The van der Waals surface area contributed by atoms with E-state index in [0.29, 0.717) is 12.5 Å². The number of hydrogen-bond acceptors (Lipinski definition) is 3. The summed E-state index contributed by atoms with van der Waals surface area (Å²) in [5.41, 5.74) is -1.90. The summed E-state index contributed by atoms with van der Waals surface area (Å²) >= 11 is 5.37. The quantitative estimate of drug-likeness (QED) is 0.867. The molecule has 0 atom stereocenters. The standard InChI is InChI=1S/C13H15ClF3N3O/c14-12-19-7-9(10(20-12)13(15,16)17)11(21)18-6-8-4-2-1-3-5-8/h7-8H,1-6H2,(H,18,21). The highest BCUT2D eigenvalue weighted by molar-refractivity contribution is 6.28. The van der Waals surface area contributed by atoms with Crippen molar-refractivity contribution in [2.24, 2.45) is 5.92 Å². The van der Waals surface area contributed by atoms with Crippen LogP contribution in [-0.2, 0) is 6.18 Å². The molecular formula is C13H15ClF3N3O. The number of rotatable bonds is 3. The van der Waals surface area contributed by atoms with Gasteiger partial charge in [0.2, 0.25) is 5.28 Å². The van der Waals surface area contributed by atoms with Crippen LogP contribution in [0.2, 0.25) is 5.28 Å². The molecule has 0 aliphatic heterocycles. The molecule has 1 heterocycles. The highest BCUT2D eigenvalue weighted by atomic mass is 35.5. The van der Waals surface area contributed by atoms with Crippen LogP contribution in [0.1, 0.15) is 48.2 Å². The first-order chi connectivity index (χ1) is 9.88. The number of alkyl halides is 3. The van der Waals surface area contributed by atoms with Crippen molar-refractivity contribution in [3.05, 3.63) is 22.7 Å². The van der Waals surface area contributed by atoms with Crippen molar-refractivity contribution in [3.8, 4) is 0 Å². The van der Waals surface area contributed by atoms with Crippen molar-refractivity contribution >= 4 is 17.5 Å². The number of hydrogen-bond donors (Lipinski definition) is 1. The van der Waals surface area contributed by atoms with E-state index in [-0.39, 0.29) is 0 Å². The molecule has 0 bridgehead atoms. The van der Waals surface area contributed by atoms with E-state index in [2.05, 4.69) is 15.3 Å². The molecule has 1 fully saturated rings. The SMILES string of the molecule is O=C(NCC1CCCCC1)c1cnc(Cl)nc1C(F)(F)F. The average molecular weight is 322 g/mol. The molecule has 0 aromatic carbocycles. The lowest BCUT2D eigenvalue weighted by molar-refractivity contribution is -0.141. The van der Waals surface area contributed by atoms with E-state index < -0.39 is 28.6 Å². The van der Waals surface area contributed by atoms with Crippen molar-refractivity contribution in [1.29, 1.82) is 0 Å². The van der Waals surface area contributed by atoms with E-state index in [9.17, 15) is 18.0 Å². The van der Waals surface area contributed by atoms with Crippen LogP contribution < -0.4 is 5.32 Å². The number of carbonyl (C=O) groups excluding carboxylic acids is 1. The summed E-state index contributed by atoms with van der Waals surface area (Å²) in [6, 6.07) is 0. The zero-order valence-corrected chi connectivity index (χ0v) is 12.0. The molecule has 4 nitrogen and oxygen atoms in total. The second-order valence-corrected chi connectivity index (χ2v) is 5.45. The second kappa shape index (κ2) is 6.60. The predicted molar refractivity (Wildman–Crippen MR) is 71.0 cm³/mol. The molecule has 1 aromatic heterocycles. The molecule has 1 saturated carbocycles. The van der Waals surface area contributed by atoms with E-state index in [1.165, 1.54) is 6.42 Å². The van der Waals surface area contributed by atoms with Gasteiger partial charge in [0.1, 0.15) is 0 Å².